The first kappa shape index (κ1) is 13.0. The molecule has 0 heterocycles. The van der Waals surface area contributed by atoms with E-state index in [0.29, 0.717) is 5.88 Å². The minimum absolute atomic E-state index is 0.00371. The summed E-state index contributed by atoms with van der Waals surface area (Å²) in [5.41, 5.74) is 2.32. The highest BCUT2D eigenvalue weighted by atomic mass is 35.5. The topological polar surface area (TPSA) is 29.1 Å². The third-order valence-corrected chi connectivity index (χ3v) is 3.04. The van der Waals surface area contributed by atoms with Gasteiger partial charge in [-0.3, -0.25) is 4.79 Å². The summed E-state index contributed by atoms with van der Waals surface area (Å²) in [4.78, 5) is 11.6. The third kappa shape index (κ3) is 3.53. The predicted octanol–water partition coefficient (Wildman–Crippen LogP) is 3.05. The third-order valence-electron chi connectivity index (χ3n) is 2.58. The van der Waals surface area contributed by atoms with E-state index in [2.05, 4.69) is 11.4 Å². The summed E-state index contributed by atoms with van der Waals surface area (Å²) >= 11 is 5.64. The molecule has 0 bridgehead atoms. The van der Waals surface area contributed by atoms with Crippen molar-refractivity contribution in [2.24, 2.45) is 5.92 Å². The van der Waals surface area contributed by atoms with E-state index in [9.17, 15) is 4.79 Å². The Morgan fingerprint density at radius 3 is 2.69 bits per heavy atom. The first-order valence-corrected chi connectivity index (χ1v) is 6.01. The number of hydrogen-bond acceptors (Lipinski definition) is 1. The van der Waals surface area contributed by atoms with Gasteiger partial charge in [-0.15, -0.1) is 11.6 Å². The van der Waals surface area contributed by atoms with E-state index in [1.165, 1.54) is 5.56 Å². The molecule has 1 N–H and O–H groups in total. The summed E-state index contributed by atoms with van der Waals surface area (Å²) in [6.45, 7) is 5.85. The molecule has 0 aliphatic heterocycles. The minimum atomic E-state index is -0.145. The molecule has 0 spiro atoms. The monoisotopic (exact) mass is 239 g/mol. The van der Waals surface area contributed by atoms with Gasteiger partial charge in [0.25, 0.3) is 0 Å². The van der Waals surface area contributed by atoms with Gasteiger partial charge in [-0.05, 0) is 19.4 Å². The van der Waals surface area contributed by atoms with E-state index in [4.69, 9.17) is 11.6 Å². The standard InChI is InChI=1S/C13H18ClNO/c1-9-5-4-6-12(7-9)11(3)15-13(16)10(2)8-14/h4-7,10-11H,8H2,1-3H3,(H,15,16)/t10?,11-/m0/s1. The van der Waals surface area contributed by atoms with Crippen LogP contribution in [0.15, 0.2) is 24.3 Å². The number of amides is 1. The highest BCUT2D eigenvalue weighted by Crippen LogP contribution is 2.14. The fourth-order valence-electron chi connectivity index (χ4n) is 1.45. The van der Waals surface area contributed by atoms with Gasteiger partial charge in [0.2, 0.25) is 5.91 Å². The van der Waals surface area contributed by atoms with Crippen molar-refractivity contribution >= 4 is 17.5 Å². The molecular weight excluding hydrogens is 222 g/mol. The number of alkyl halides is 1. The Morgan fingerprint density at radius 2 is 2.12 bits per heavy atom. The van der Waals surface area contributed by atoms with E-state index >= 15 is 0 Å². The molecule has 1 aromatic carbocycles. The molecule has 1 aromatic rings. The van der Waals surface area contributed by atoms with Crippen LogP contribution in [0.2, 0.25) is 0 Å². The van der Waals surface area contributed by atoms with Crippen LogP contribution in [-0.2, 0) is 4.79 Å². The zero-order chi connectivity index (χ0) is 12.1. The molecule has 0 fully saturated rings. The van der Waals surface area contributed by atoms with E-state index in [1.54, 1.807) is 0 Å². The molecule has 0 saturated carbocycles. The lowest BCUT2D eigenvalue weighted by Gasteiger charge is -2.17. The Hall–Kier alpha value is -1.02. The normalized spacial score (nSPS) is 14.2. The molecule has 0 radical (unpaired) electrons. The first-order valence-electron chi connectivity index (χ1n) is 5.47. The number of aryl methyl sites for hydroxylation is 1. The molecule has 1 rings (SSSR count). The summed E-state index contributed by atoms with van der Waals surface area (Å²) in [5, 5.41) is 2.95. The predicted molar refractivity (Wildman–Crippen MR) is 67.6 cm³/mol. The van der Waals surface area contributed by atoms with Crippen molar-refractivity contribution in [1.82, 2.24) is 5.32 Å². The SMILES string of the molecule is Cc1cccc([C@H](C)NC(=O)C(C)CCl)c1. The second-order valence-corrected chi connectivity index (χ2v) is 4.51. The maximum absolute atomic E-state index is 11.6. The lowest BCUT2D eigenvalue weighted by molar-refractivity contribution is -0.124. The largest absolute Gasteiger partial charge is 0.349 e. The van der Waals surface area contributed by atoms with Crippen molar-refractivity contribution in [2.45, 2.75) is 26.8 Å². The number of benzene rings is 1. The van der Waals surface area contributed by atoms with Crippen molar-refractivity contribution in [3.63, 3.8) is 0 Å². The number of halogens is 1. The second-order valence-electron chi connectivity index (χ2n) is 4.20. The molecule has 0 aliphatic carbocycles. The smallest absolute Gasteiger partial charge is 0.224 e. The molecule has 2 atom stereocenters. The summed E-state index contributed by atoms with van der Waals surface area (Å²) in [6, 6.07) is 8.16. The number of carbonyl (C=O) groups excluding carboxylic acids is 1. The highest BCUT2D eigenvalue weighted by Gasteiger charge is 2.14. The Balaban J connectivity index is 2.65. The zero-order valence-corrected chi connectivity index (χ0v) is 10.7. The Morgan fingerprint density at radius 1 is 1.44 bits per heavy atom. The molecule has 0 aliphatic rings. The van der Waals surface area contributed by atoms with Crippen LogP contribution in [0.5, 0.6) is 0 Å². The fraction of sp³-hybridized carbons (Fsp3) is 0.462. The molecule has 88 valence electrons. The summed E-state index contributed by atoms with van der Waals surface area (Å²) < 4.78 is 0. The number of nitrogens with one attached hydrogen (secondary N) is 1. The van der Waals surface area contributed by atoms with E-state index in [-0.39, 0.29) is 17.9 Å². The molecular formula is C13H18ClNO. The fourth-order valence-corrected chi connectivity index (χ4v) is 1.59. The van der Waals surface area contributed by atoms with E-state index in [0.717, 1.165) is 5.56 Å². The molecule has 1 unspecified atom stereocenters. The summed E-state index contributed by atoms with van der Waals surface area (Å²) in [6.07, 6.45) is 0. The summed E-state index contributed by atoms with van der Waals surface area (Å²) in [7, 11) is 0. The maximum atomic E-state index is 11.6. The number of carbonyl (C=O) groups is 1. The average Bonchev–Trinajstić information content (AvgIpc) is 2.27. The minimum Gasteiger partial charge on any atom is -0.349 e. The van der Waals surface area contributed by atoms with Gasteiger partial charge in [0.1, 0.15) is 0 Å². The number of hydrogen-bond donors (Lipinski definition) is 1. The van der Waals surface area contributed by atoms with Crippen LogP contribution in [0.3, 0.4) is 0 Å². The van der Waals surface area contributed by atoms with Gasteiger partial charge in [0, 0.05) is 11.8 Å². The van der Waals surface area contributed by atoms with Gasteiger partial charge < -0.3 is 5.32 Å². The van der Waals surface area contributed by atoms with Crippen LogP contribution in [-0.4, -0.2) is 11.8 Å². The first-order chi connectivity index (χ1) is 7.54. The van der Waals surface area contributed by atoms with Gasteiger partial charge in [-0.2, -0.15) is 0 Å². The lowest BCUT2D eigenvalue weighted by Crippen LogP contribution is -2.32. The molecule has 1 amide bonds. The zero-order valence-electron chi connectivity index (χ0n) is 9.96. The van der Waals surface area contributed by atoms with Crippen LogP contribution in [0.1, 0.15) is 31.0 Å². The van der Waals surface area contributed by atoms with E-state index < -0.39 is 0 Å². The van der Waals surface area contributed by atoms with Gasteiger partial charge >= 0.3 is 0 Å². The Kier molecular flexibility index (Phi) is 4.81. The average molecular weight is 240 g/mol. The van der Waals surface area contributed by atoms with E-state index in [1.807, 2.05) is 39.0 Å². The van der Waals surface area contributed by atoms with Crippen molar-refractivity contribution in [2.75, 3.05) is 5.88 Å². The van der Waals surface area contributed by atoms with Gasteiger partial charge in [0.15, 0.2) is 0 Å². The van der Waals surface area contributed by atoms with Gasteiger partial charge in [0.05, 0.1) is 6.04 Å². The molecule has 0 aromatic heterocycles. The Bertz CT molecular complexity index is 365. The highest BCUT2D eigenvalue weighted by molar-refractivity contribution is 6.19. The van der Waals surface area contributed by atoms with Gasteiger partial charge in [-0.25, -0.2) is 0 Å². The van der Waals surface area contributed by atoms with Crippen LogP contribution >= 0.6 is 11.6 Å². The molecule has 3 heteroatoms. The van der Waals surface area contributed by atoms with Crippen LogP contribution in [0, 0.1) is 12.8 Å². The lowest BCUT2D eigenvalue weighted by atomic mass is 10.1. The van der Waals surface area contributed by atoms with Crippen molar-refractivity contribution in [3.8, 4) is 0 Å². The van der Waals surface area contributed by atoms with Crippen molar-refractivity contribution in [1.29, 1.82) is 0 Å². The molecule has 2 nitrogen and oxygen atoms in total. The van der Waals surface area contributed by atoms with Crippen LogP contribution in [0.25, 0.3) is 0 Å². The van der Waals surface area contributed by atoms with Crippen molar-refractivity contribution < 1.29 is 4.79 Å². The summed E-state index contributed by atoms with van der Waals surface area (Å²) in [5.74, 6) is 0.213. The number of rotatable bonds is 4. The Labute approximate surface area is 102 Å². The van der Waals surface area contributed by atoms with Crippen LogP contribution < -0.4 is 5.32 Å². The molecule has 16 heavy (non-hydrogen) atoms. The molecule has 0 saturated heterocycles. The van der Waals surface area contributed by atoms with Gasteiger partial charge in [-0.1, -0.05) is 36.8 Å². The van der Waals surface area contributed by atoms with Crippen LogP contribution in [0.4, 0.5) is 0 Å². The quantitative estimate of drug-likeness (QED) is 0.804. The van der Waals surface area contributed by atoms with Crippen molar-refractivity contribution in [3.05, 3.63) is 35.4 Å². The second kappa shape index (κ2) is 5.90. The maximum Gasteiger partial charge on any atom is 0.224 e.